The second-order valence-corrected chi connectivity index (χ2v) is 19.1. The van der Waals surface area contributed by atoms with Gasteiger partial charge >= 0.3 is 12.1 Å². The number of Topliss-reactive ketones (excluding diaryl/α,β-unsaturated/α-hetero) is 1. The monoisotopic (exact) mass is 852 g/mol. The zero-order valence-electron chi connectivity index (χ0n) is 34.2. The lowest BCUT2D eigenvalue weighted by Gasteiger charge is -2.35. The number of amides is 2. The molecule has 6 rings (SSSR count). The number of alkyl carbamates (subject to hydrolysis) is 1. The topological polar surface area (TPSA) is 127 Å². The number of allylic oxidation sites excluding steroid dienone is 1. The van der Waals surface area contributed by atoms with Crippen LogP contribution in [0.15, 0.2) is 114 Å². The first kappa shape index (κ1) is 43.8. The van der Waals surface area contributed by atoms with Gasteiger partial charge in [0, 0.05) is 24.1 Å². The summed E-state index contributed by atoms with van der Waals surface area (Å²) in [5, 5.41) is 5.90. The number of aromatic nitrogens is 1. The lowest BCUT2D eigenvalue weighted by molar-refractivity contribution is -0.157. The van der Waals surface area contributed by atoms with Crippen molar-refractivity contribution < 1.29 is 28.7 Å². The van der Waals surface area contributed by atoms with Crippen molar-refractivity contribution in [2.24, 2.45) is 4.99 Å². The average molecular weight is 853 g/mol. The number of thioether (sulfide) groups is 2. The van der Waals surface area contributed by atoms with Crippen molar-refractivity contribution >= 4 is 63.7 Å². The van der Waals surface area contributed by atoms with Crippen LogP contribution < -0.4 is 5.32 Å². The van der Waals surface area contributed by atoms with Gasteiger partial charge in [-0.2, -0.15) is 0 Å². The van der Waals surface area contributed by atoms with E-state index in [9.17, 15) is 19.2 Å². The predicted molar refractivity (Wildman–Crippen MR) is 238 cm³/mol. The number of ether oxygens (including phenoxy) is 2. The number of esters is 1. The Hall–Kier alpha value is -4.72. The molecule has 0 saturated carbocycles. The minimum Gasteiger partial charge on any atom is -0.456 e. The Morgan fingerprint density at radius 3 is 2.15 bits per heavy atom. The van der Waals surface area contributed by atoms with Gasteiger partial charge in [0.15, 0.2) is 0 Å². The standard InChI is InChI=1S/C46H52N4O6S3/c1-32(51)28-36(24-15-16-27-59-46(33-18-9-6-10-19-33,34-20-11-7-12-21-34)35-22-13-8-14-23-35)55-41(52)38-25-17-26-50(38)42(53)45(5)31-58-40(49-45)37-30-57-39(48-37)29-47-43(54)56-44(2,3)4/h6-15,18-24,30,36,38H,16-17,25-29,31H2,1-5H3,(H,47,54)/b24-15+/t36?,38-,45-/m0/s1. The van der Waals surface area contributed by atoms with Crippen molar-refractivity contribution in [3.05, 3.63) is 136 Å². The number of carbonyl (C=O) groups excluding carboxylic acids is 4. The van der Waals surface area contributed by atoms with Crippen LogP contribution in [-0.2, 0) is 35.1 Å². The number of benzene rings is 3. The Labute approximate surface area is 359 Å². The summed E-state index contributed by atoms with van der Waals surface area (Å²) in [6.45, 7) is 9.30. The van der Waals surface area contributed by atoms with Crippen LogP contribution in [0.25, 0.3) is 0 Å². The molecular weight excluding hydrogens is 801 g/mol. The van der Waals surface area contributed by atoms with E-state index in [1.807, 2.05) is 47.5 Å². The summed E-state index contributed by atoms with van der Waals surface area (Å²) in [7, 11) is 0. The first-order valence-corrected chi connectivity index (χ1v) is 22.7. The fourth-order valence-electron chi connectivity index (χ4n) is 7.21. The Morgan fingerprint density at radius 2 is 1.58 bits per heavy atom. The highest BCUT2D eigenvalue weighted by Crippen LogP contribution is 2.48. The van der Waals surface area contributed by atoms with Crippen LogP contribution in [0.5, 0.6) is 0 Å². The van der Waals surface area contributed by atoms with Gasteiger partial charge in [-0.05, 0) is 82.4 Å². The highest BCUT2D eigenvalue weighted by Gasteiger charge is 2.47. The molecule has 10 nitrogen and oxygen atoms in total. The van der Waals surface area contributed by atoms with Gasteiger partial charge in [-0.25, -0.2) is 14.6 Å². The minimum absolute atomic E-state index is 0.0446. The number of thiazole rings is 1. The van der Waals surface area contributed by atoms with Gasteiger partial charge in [-0.1, -0.05) is 97.1 Å². The number of hydrogen-bond donors (Lipinski definition) is 1. The number of ketones is 1. The summed E-state index contributed by atoms with van der Waals surface area (Å²) < 4.78 is 10.9. The molecule has 1 N–H and O–H groups in total. The van der Waals surface area contributed by atoms with Gasteiger partial charge in [-0.15, -0.1) is 34.9 Å². The Balaban J connectivity index is 1.09. The number of nitrogens with one attached hydrogen (secondary N) is 1. The van der Waals surface area contributed by atoms with Crippen molar-refractivity contribution in [3.8, 4) is 0 Å². The maximum Gasteiger partial charge on any atom is 0.408 e. The van der Waals surface area contributed by atoms with Crippen molar-refractivity contribution in [1.29, 1.82) is 0 Å². The van der Waals surface area contributed by atoms with Gasteiger partial charge in [-0.3, -0.25) is 14.6 Å². The molecule has 3 atom stereocenters. The van der Waals surface area contributed by atoms with Gasteiger partial charge in [0.2, 0.25) is 0 Å². The number of nitrogens with zero attached hydrogens (tertiary/aromatic N) is 3. The fraction of sp³-hybridized carbons (Fsp3) is 0.391. The van der Waals surface area contributed by atoms with Gasteiger partial charge in [0.1, 0.15) is 44.8 Å². The van der Waals surface area contributed by atoms with Crippen LogP contribution in [-0.4, -0.2) is 80.0 Å². The lowest BCUT2D eigenvalue weighted by Crippen LogP contribution is -2.51. The van der Waals surface area contributed by atoms with E-state index >= 15 is 0 Å². The second kappa shape index (κ2) is 19.6. The first-order chi connectivity index (χ1) is 28.3. The predicted octanol–water partition coefficient (Wildman–Crippen LogP) is 8.97. The first-order valence-electron chi connectivity index (χ1n) is 19.9. The molecule has 3 aromatic carbocycles. The second-order valence-electron chi connectivity index (χ2n) is 15.8. The summed E-state index contributed by atoms with van der Waals surface area (Å²) in [4.78, 5) is 63.4. The normalized spacial score (nSPS) is 18.7. The average Bonchev–Trinajstić information content (AvgIpc) is 3.99. The molecule has 3 heterocycles. The van der Waals surface area contributed by atoms with Crippen molar-refractivity contribution in [1.82, 2.24) is 15.2 Å². The van der Waals surface area contributed by atoms with Crippen LogP contribution in [0.2, 0.25) is 0 Å². The third-order valence-electron chi connectivity index (χ3n) is 9.89. The number of hydrogen-bond acceptors (Lipinski definition) is 11. The van der Waals surface area contributed by atoms with Crippen molar-refractivity contribution in [2.45, 2.75) is 94.9 Å². The van der Waals surface area contributed by atoms with E-state index in [4.69, 9.17) is 14.5 Å². The fourth-order valence-corrected chi connectivity index (χ4v) is 10.6. The summed E-state index contributed by atoms with van der Waals surface area (Å²) in [5.74, 6) is 0.301. The van der Waals surface area contributed by atoms with E-state index < -0.39 is 40.1 Å². The van der Waals surface area contributed by atoms with E-state index in [0.29, 0.717) is 47.3 Å². The molecule has 2 aliphatic rings. The van der Waals surface area contributed by atoms with Crippen LogP contribution in [0.1, 0.15) is 87.7 Å². The van der Waals surface area contributed by atoms with E-state index in [-0.39, 0.29) is 24.7 Å². The molecule has 0 radical (unpaired) electrons. The van der Waals surface area contributed by atoms with Gasteiger partial charge < -0.3 is 19.7 Å². The molecule has 1 saturated heterocycles. The van der Waals surface area contributed by atoms with Gasteiger partial charge in [0.05, 0.1) is 11.3 Å². The third kappa shape index (κ3) is 11.1. The zero-order chi connectivity index (χ0) is 42.0. The molecule has 4 aromatic rings. The van der Waals surface area contributed by atoms with Gasteiger partial charge in [0.25, 0.3) is 5.91 Å². The van der Waals surface area contributed by atoms with Crippen LogP contribution in [0.4, 0.5) is 4.79 Å². The van der Waals surface area contributed by atoms with Crippen LogP contribution >= 0.6 is 34.9 Å². The highest BCUT2D eigenvalue weighted by atomic mass is 32.2. The zero-order valence-corrected chi connectivity index (χ0v) is 36.7. The molecule has 0 spiro atoms. The Bertz CT molecular complexity index is 2040. The third-order valence-corrected chi connectivity index (χ3v) is 13.6. The molecule has 2 amide bonds. The molecule has 1 fully saturated rings. The number of carbonyl (C=O) groups is 4. The van der Waals surface area contributed by atoms with E-state index in [2.05, 4.69) is 83.1 Å². The lowest BCUT2D eigenvalue weighted by atomic mass is 9.84. The van der Waals surface area contributed by atoms with Crippen LogP contribution in [0.3, 0.4) is 0 Å². The molecule has 59 heavy (non-hydrogen) atoms. The highest BCUT2D eigenvalue weighted by molar-refractivity contribution is 8.14. The maximum atomic E-state index is 14.1. The molecule has 1 unspecified atom stereocenters. The molecule has 0 aliphatic carbocycles. The summed E-state index contributed by atoms with van der Waals surface area (Å²) >= 11 is 4.67. The van der Waals surface area contributed by atoms with Crippen LogP contribution in [0, 0.1) is 0 Å². The number of rotatable bonds is 16. The molecule has 310 valence electrons. The molecular formula is C46H52N4O6S3. The van der Waals surface area contributed by atoms with E-state index in [1.54, 1.807) is 32.6 Å². The smallest absolute Gasteiger partial charge is 0.408 e. The minimum atomic E-state index is -1.09. The summed E-state index contributed by atoms with van der Waals surface area (Å²) in [6.07, 6.45) is 4.37. The van der Waals surface area contributed by atoms with E-state index in [0.717, 1.165) is 5.75 Å². The Kier molecular flexibility index (Phi) is 14.5. The molecule has 2 aliphatic heterocycles. The maximum absolute atomic E-state index is 14.1. The molecule has 1 aromatic heterocycles. The SMILES string of the molecule is CC(=O)CC(/C=C/CCSC(c1ccccc1)(c1ccccc1)c1ccccc1)OC(=O)[C@@H]1CCCN1C(=O)[C@]1(C)CSC(c2csc(CNC(=O)OC(C)(C)C)n2)=N1. The quantitative estimate of drug-likeness (QED) is 0.0509. The summed E-state index contributed by atoms with van der Waals surface area (Å²) in [6, 6.07) is 30.8. The van der Waals surface area contributed by atoms with Crippen molar-refractivity contribution in [2.75, 3.05) is 18.1 Å². The van der Waals surface area contributed by atoms with Crippen molar-refractivity contribution in [3.63, 3.8) is 0 Å². The Morgan fingerprint density at radius 1 is 0.966 bits per heavy atom. The largest absolute Gasteiger partial charge is 0.456 e. The molecule has 13 heteroatoms. The van der Waals surface area contributed by atoms with E-state index in [1.165, 1.54) is 46.7 Å². The summed E-state index contributed by atoms with van der Waals surface area (Å²) in [5.41, 5.74) is 2.48. The molecule has 0 bridgehead atoms. The number of likely N-dealkylation sites (tertiary alicyclic amines) is 1. The number of aliphatic imine (C=N–C) groups is 1.